The van der Waals surface area contributed by atoms with Crippen molar-refractivity contribution in [1.29, 1.82) is 0 Å². The van der Waals surface area contributed by atoms with Crippen LogP contribution in [0.2, 0.25) is 13.8 Å². The van der Waals surface area contributed by atoms with Gasteiger partial charge < -0.3 is 0 Å². The molecule has 0 aromatic heterocycles. The van der Waals surface area contributed by atoms with Gasteiger partial charge in [0.05, 0.1) is 0 Å². The molecule has 1 saturated heterocycles. The van der Waals surface area contributed by atoms with Crippen LogP contribution in [0.15, 0.2) is 0 Å². The Bertz CT molecular complexity index is 50.0. The molecule has 0 aromatic carbocycles. The molecule has 1 fully saturated rings. The maximum absolute atomic E-state index is 3.36. The zero-order chi connectivity index (χ0) is 5.11. The summed E-state index contributed by atoms with van der Waals surface area (Å²) in [7, 11) is 0. The van der Waals surface area contributed by atoms with Gasteiger partial charge in [-0.15, -0.1) is 0 Å². The molecule has 1 rings (SSSR count). The number of nitrogens with one attached hydrogen (secondary N) is 1. The molecule has 0 aliphatic carbocycles. The summed E-state index contributed by atoms with van der Waals surface area (Å²) >= 11 is -0.627. The fourth-order valence-corrected chi connectivity index (χ4v) is 5.01. The van der Waals surface area contributed by atoms with Crippen molar-refractivity contribution in [3.05, 3.63) is 0 Å². The van der Waals surface area contributed by atoms with E-state index in [1.165, 1.54) is 13.1 Å². The van der Waals surface area contributed by atoms with Gasteiger partial charge in [0.1, 0.15) is 0 Å². The van der Waals surface area contributed by atoms with Gasteiger partial charge in [0.25, 0.3) is 0 Å². The summed E-state index contributed by atoms with van der Waals surface area (Å²) in [6.07, 6.45) is 0. The van der Waals surface area contributed by atoms with E-state index >= 15 is 0 Å². The zero-order valence-electron chi connectivity index (χ0n) is 4.83. The second kappa shape index (κ2) is 2.92. The van der Waals surface area contributed by atoms with Crippen molar-refractivity contribution in [3.8, 4) is 0 Å². The molecule has 0 bridgehead atoms. The predicted molar refractivity (Wildman–Crippen MR) is 34.1 cm³/mol. The third-order valence-corrected chi connectivity index (χ3v) is 7.76. The summed E-state index contributed by atoms with van der Waals surface area (Å²) in [5.74, 6) is 0. The van der Waals surface area contributed by atoms with Gasteiger partial charge >= 0.3 is 52.0 Å². The Kier molecular flexibility index (Phi) is 2.46. The molecule has 0 spiro atoms. The Labute approximate surface area is 52.2 Å². The molecular weight excluding hydrogens is 193 g/mol. The quantitative estimate of drug-likeness (QED) is 0.574. The van der Waals surface area contributed by atoms with Crippen LogP contribution in [0.1, 0.15) is 0 Å². The Morgan fingerprint density at radius 3 is 2.14 bits per heavy atom. The Morgan fingerprint density at radius 2 is 1.86 bits per heavy atom. The molecule has 1 heterocycles. The van der Waals surface area contributed by atoms with Crippen molar-refractivity contribution in [1.82, 2.24) is 5.32 Å². The summed E-state index contributed by atoms with van der Waals surface area (Å²) < 4.78 is 3.14. The van der Waals surface area contributed by atoms with Gasteiger partial charge in [-0.3, -0.25) is 0 Å². The van der Waals surface area contributed by atoms with E-state index in [4.69, 9.17) is 0 Å². The monoisotopic (exact) mass is 206 g/mol. The first-order valence-corrected chi connectivity index (χ1v) is 9.80. The fraction of sp³-hybridized carbons (Fsp3) is 1.00. The van der Waals surface area contributed by atoms with E-state index in [0.717, 1.165) is 0 Å². The zero-order valence-corrected chi connectivity index (χ0v) is 7.68. The summed E-state index contributed by atoms with van der Waals surface area (Å²) in [5.41, 5.74) is 0. The van der Waals surface area contributed by atoms with Gasteiger partial charge in [0, 0.05) is 0 Å². The average Bonchev–Trinajstić information content (AvgIpc) is 1.69. The van der Waals surface area contributed by atoms with E-state index in [1.54, 1.807) is 8.87 Å². The topological polar surface area (TPSA) is 12.0 Å². The van der Waals surface area contributed by atoms with E-state index in [2.05, 4.69) is 10.3 Å². The van der Waals surface area contributed by atoms with Crippen molar-refractivity contribution < 1.29 is 0 Å². The van der Waals surface area contributed by atoms with Crippen molar-refractivity contribution >= 4 is 19.8 Å². The van der Waals surface area contributed by atoms with Gasteiger partial charge in [-0.25, -0.2) is 0 Å². The second-order valence-corrected chi connectivity index (χ2v) is 10.5. The van der Waals surface area contributed by atoms with Crippen molar-refractivity contribution in [2.45, 2.75) is 13.8 Å². The van der Waals surface area contributed by atoms with Gasteiger partial charge in [-0.2, -0.15) is 0 Å². The number of hydrogen-bond donors (Lipinski definition) is 1. The molecule has 0 saturated carbocycles. The average molecular weight is 205 g/mol. The van der Waals surface area contributed by atoms with Crippen LogP contribution in [0.4, 0.5) is 0 Å². The molecule has 1 N–H and O–H groups in total. The fourth-order valence-electron chi connectivity index (χ4n) is 0.854. The van der Waals surface area contributed by atoms with Crippen LogP contribution >= 0.6 is 0 Å². The molecule has 1 aliphatic heterocycles. The van der Waals surface area contributed by atoms with E-state index in [0.29, 0.717) is 0 Å². The standard InChI is InChI=1S/C4H9N.CH3.Sn/c1-3-5-4-2;;/h5H,1-4H2;1H3;. The molecule has 1 radical (unpaired) electrons. The first-order valence-electron chi connectivity index (χ1n) is 2.91. The van der Waals surface area contributed by atoms with Crippen molar-refractivity contribution in [3.63, 3.8) is 0 Å². The molecule has 1 aliphatic rings. The third kappa shape index (κ3) is 2.00. The number of rotatable bonds is 0. The van der Waals surface area contributed by atoms with E-state index in [9.17, 15) is 0 Å². The molecule has 0 aromatic rings. The SMILES string of the molecule is [CH3][Sn]1[CH2]CNC[CH2]1. The van der Waals surface area contributed by atoms with Crippen LogP contribution in [0.5, 0.6) is 0 Å². The van der Waals surface area contributed by atoms with E-state index in [-0.39, 0.29) is 0 Å². The predicted octanol–water partition coefficient (Wildman–Crippen LogP) is 0.714. The van der Waals surface area contributed by atoms with Gasteiger partial charge in [-0.05, 0) is 0 Å². The van der Waals surface area contributed by atoms with Crippen LogP contribution in [-0.2, 0) is 0 Å². The van der Waals surface area contributed by atoms with Crippen LogP contribution in [0, 0.1) is 0 Å². The molecule has 41 valence electrons. The molecule has 1 nitrogen and oxygen atoms in total. The molecule has 7 heavy (non-hydrogen) atoms. The number of hydrogen-bond acceptors (Lipinski definition) is 1. The van der Waals surface area contributed by atoms with Gasteiger partial charge in [0.2, 0.25) is 0 Å². The normalized spacial score (nSPS) is 25.3. The molecule has 0 unspecified atom stereocenters. The summed E-state index contributed by atoms with van der Waals surface area (Å²) in [6.45, 7) is 2.65. The summed E-state index contributed by atoms with van der Waals surface area (Å²) in [5, 5.41) is 3.36. The minimum atomic E-state index is -0.627. The Morgan fingerprint density at radius 1 is 1.29 bits per heavy atom. The van der Waals surface area contributed by atoms with Crippen molar-refractivity contribution in [2.75, 3.05) is 13.1 Å². The summed E-state index contributed by atoms with van der Waals surface area (Å²) in [6, 6.07) is 0. The van der Waals surface area contributed by atoms with E-state index < -0.39 is 19.8 Å². The third-order valence-electron chi connectivity index (χ3n) is 1.46. The van der Waals surface area contributed by atoms with Gasteiger partial charge in [0.15, 0.2) is 0 Å². The molecule has 0 amide bonds. The van der Waals surface area contributed by atoms with Crippen LogP contribution < -0.4 is 5.32 Å². The Hall–Kier alpha value is 0.759. The maximum atomic E-state index is 3.36. The van der Waals surface area contributed by atoms with Gasteiger partial charge in [-0.1, -0.05) is 0 Å². The Balaban J connectivity index is 2.12. The van der Waals surface area contributed by atoms with Crippen LogP contribution in [0.25, 0.3) is 0 Å². The van der Waals surface area contributed by atoms with E-state index in [1.807, 2.05) is 0 Å². The van der Waals surface area contributed by atoms with Crippen LogP contribution in [0.3, 0.4) is 0 Å². The summed E-state index contributed by atoms with van der Waals surface area (Å²) in [4.78, 5) is 2.52. The molecular formula is C5H12NSn. The minimum absolute atomic E-state index is 0.627. The van der Waals surface area contributed by atoms with Crippen molar-refractivity contribution in [2.24, 2.45) is 0 Å². The molecule has 0 atom stereocenters. The first-order chi connectivity index (χ1) is 3.39. The second-order valence-electron chi connectivity index (χ2n) is 2.21. The first kappa shape index (κ1) is 5.89. The molecule has 2 heteroatoms. The van der Waals surface area contributed by atoms with Crippen LogP contribution in [-0.4, -0.2) is 32.8 Å².